The first-order chi connectivity index (χ1) is 14.5. The van der Waals surface area contributed by atoms with Gasteiger partial charge in [0.15, 0.2) is 0 Å². The normalized spacial score (nSPS) is 20.2. The first kappa shape index (κ1) is 19.5. The van der Waals surface area contributed by atoms with Crippen molar-refractivity contribution in [2.75, 3.05) is 4.90 Å². The zero-order chi connectivity index (χ0) is 21.3. The zero-order valence-corrected chi connectivity index (χ0v) is 15.9. The van der Waals surface area contributed by atoms with E-state index in [-0.39, 0.29) is 41.5 Å². The number of allylic oxidation sites excluding steroid dienone is 2. The second-order valence-electron chi connectivity index (χ2n) is 7.22. The molecule has 2 atom stereocenters. The summed E-state index contributed by atoms with van der Waals surface area (Å²) in [4.78, 5) is 49.4. The standard InChI is InChI=1S/C22H18N2O6/c25-20-18-9-1-2-10-19(18)21(26)23(20)16-7-4-6-15(12-16)22(27)30-13-14-5-3-8-17(11-14)24(28)29/h1-8,11-12,18-19H,9-10,13H2/t18-,19+. The quantitative estimate of drug-likeness (QED) is 0.248. The van der Waals surface area contributed by atoms with Crippen molar-refractivity contribution in [2.24, 2.45) is 11.8 Å². The number of nitro benzene ring substituents is 1. The number of benzene rings is 2. The summed E-state index contributed by atoms with van der Waals surface area (Å²) in [6.45, 7) is -0.137. The smallest absolute Gasteiger partial charge is 0.338 e. The van der Waals surface area contributed by atoms with Crippen LogP contribution in [0.15, 0.2) is 60.7 Å². The Labute approximate surface area is 171 Å². The molecule has 0 aromatic heterocycles. The molecule has 0 unspecified atom stereocenters. The fourth-order valence-electron chi connectivity index (χ4n) is 3.82. The van der Waals surface area contributed by atoms with E-state index in [4.69, 9.17) is 4.74 Å². The van der Waals surface area contributed by atoms with Crippen molar-refractivity contribution >= 4 is 29.2 Å². The Bertz CT molecular complexity index is 1050. The highest BCUT2D eigenvalue weighted by atomic mass is 16.6. The molecule has 0 N–H and O–H groups in total. The lowest BCUT2D eigenvalue weighted by Crippen LogP contribution is -2.31. The van der Waals surface area contributed by atoms with Gasteiger partial charge < -0.3 is 4.74 Å². The Morgan fingerprint density at radius 3 is 2.37 bits per heavy atom. The van der Waals surface area contributed by atoms with E-state index in [1.165, 1.54) is 30.3 Å². The minimum atomic E-state index is -0.651. The molecule has 2 amide bonds. The highest BCUT2D eigenvalue weighted by Gasteiger charge is 2.47. The van der Waals surface area contributed by atoms with Crippen LogP contribution in [-0.4, -0.2) is 22.7 Å². The van der Waals surface area contributed by atoms with Crippen LogP contribution in [0.3, 0.4) is 0 Å². The highest BCUT2D eigenvalue weighted by molar-refractivity contribution is 6.22. The molecule has 1 heterocycles. The number of esters is 1. The molecule has 2 aromatic carbocycles. The van der Waals surface area contributed by atoms with Crippen molar-refractivity contribution < 1.29 is 24.0 Å². The first-order valence-corrected chi connectivity index (χ1v) is 9.49. The van der Waals surface area contributed by atoms with Gasteiger partial charge in [-0.15, -0.1) is 0 Å². The maximum Gasteiger partial charge on any atom is 0.338 e. The van der Waals surface area contributed by atoms with Gasteiger partial charge in [-0.1, -0.05) is 30.4 Å². The van der Waals surface area contributed by atoms with Gasteiger partial charge in [-0.2, -0.15) is 0 Å². The summed E-state index contributed by atoms with van der Waals surface area (Å²) < 4.78 is 5.25. The van der Waals surface area contributed by atoms with Gasteiger partial charge in [0, 0.05) is 12.1 Å². The summed E-state index contributed by atoms with van der Waals surface area (Å²) in [5.41, 5.74) is 0.915. The molecule has 8 nitrogen and oxygen atoms in total. The number of carbonyl (C=O) groups is 3. The van der Waals surface area contributed by atoms with Gasteiger partial charge >= 0.3 is 5.97 Å². The number of hydrogen-bond donors (Lipinski definition) is 0. The fraction of sp³-hybridized carbons (Fsp3) is 0.227. The molecule has 0 radical (unpaired) electrons. The molecule has 8 heteroatoms. The van der Waals surface area contributed by atoms with Crippen molar-refractivity contribution in [3.63, 3.8) is 0 Å². The number of carbonyl (C=O) groups excluding carboxylic acids is 3. The third-order valence-corrected chi connectivity index (χ3v) is 5.34. The number of nitro groups is 1. The van der Waals surface area contributed by atoms with E-state index in [0.29, 0.717) is 24.1 Å². The molecule has 1 aliphatic carbocycles. The molecule has 30 heavy (non-hydrogen) atoms. The van der Waals surface area contributed by atoms with E-state index in [9.17, 15) is 24.5 Å². The number of imide groups is 1. The number of ether oxygens (including phenoxy) is 1. The predicted octanol–water partition coefficient (Wildman–Crippen LogP) is 3.41. The molecule has 4 rings (SSSR count). The monoisotopic (exact) mass is 406 g/mol. The number of hydrogen-bond acceptors (Lipinski definition) is 6. The van der Waals surface area contributed by atoms with Crippen molar-refractivity contribution in [1.82, 2.24) is 0 Å². The van der Waals surface area contributed by atoms with Crippen LogP contribution in [0.2, 0.25) is 0 Å². The molecule has 1 saturated heterocycles. The topological polar surface area (TPSA) is 107 Å². The number of nitrogens with zero attached hydrogens (tertiary/aromatic N) is 2. The number of non-ortho nitro benzene ring substituents is 1. The number of fused-ring (bicyclic) bond motifs is 1. The molecular weight excluding hydrogens is 388 g/mol. The Kier molecular flexibility index (Phi) is 5.14. The van der Waals surface area contributed by atoms with E-state index >= 15 is 0 Å². The van der Waals surface area contributed by atoms with E-state index in [0.717, 1.165) is 4.90 Å². The predicted molar refractivity (Wildman–Crippen MR) is 107 cm³/mol. The van der Waals surface area contributed by atoms with Crippen LogP contribution in [0, 0.1) is 22.0 Å². The zero-order valence-electron chi connectivity index (χ0n) is 15.9. The number of amides is 2. The van der Waals surface area contributed by atoms with Crippen LogP contribution in [-0.2, 0) is 20.9 Å². The van der Waals surface area contributed by atoms with Crippen molar-refractivity contribution in [2.45, 2.75) is 19.4 Å². The largest absolute Gasteiger partial charge is 0.457 e. The third-order valence-electron chi connectivity index (χ3n) is 5.34. The highest BCUT2D eigenvalue weighted by Crippen LogP contribution is 2.37. The molecule has 1 aliphatic heterocycles. The summed E-state index contributed by atoms with van der Waals surface area (Å²) in [6.07, 6.45) is 4.91. The maximum absolute atomic E-state index is 12.7. The van der Waals surface area contributed by atoms with Crippen LogP contribution in [0.25, 0.3) is 0 Å². The number of rotatable bonds is 5. The maximum atomic E-state index is 12.7. The van der Waals surface area contributed by atoms with Gasteiger partial charge in [0.05, 0.1) is 28.0 Å². The van der Waals surface area contributed by atoms with Crippen molar-refractivity contribution in [1.29, 1.82) is 0 Å². The van der Waals surface area contributed by atoms with Gasteiger partial charge in [0.2, 0.25) is 11.8 Å². The minimum Gasteiger partial charge on any atom is -0.457 e. The lowest BCUT2D eigenvalue weighted by Gasteiger charge is -2.15. The number of anilines is 1. The van der Waals surface area contributed by atoms with Crippen LogP contribution in [0.1, 0.15) is 28.8 Å². The van der Waals surface area contributed by atoms with Crippen LogP contribution in [0.5, 0.6) is 0 Å². The summed E-state index contributed by atoms with van der Waals surface area (Å²) in [5, 5.41) is 10.9. The average Bonchev–Trinajstić information content (AvgIpc) is 3.02. The lowest BCUT2D eigenvalue weighted by atomic mass is 9.85. The van der Waals surface area contributed by atoms with E-state index in [2.05, 4.69) is 0 Å². The van der Waals surface area contributed by atoms with E-state index < -0.39 is 10.9 Å². The molecule has 152 valence electrons. The molecule has 2 aliphatic rings. The Balaban J connectivity index is 1.49. The second-order valence-corrected chi connectivity index (χ2v) is 7.22. The Hall–Kier alpha value is -3.81. The summed E-state index contributed by atoms with van der Waals surface area (Å²) in [6, 6.07) is 12.0. The van der Waals surface area contributed by atoms with Gasteiger partial charge in [0.25, 0.3) is 5.69 Å². The van der Waals surface area contributed by atoms with E-state index in [1.54, 1.807) is 18.2 Å². The van der Waals surface area contributed by atoms with Crippen molar-refractivity contribution in [3.05, 3.63) is 81.9 Å². The Morgan fingerprint density at radius 1 is 1.03 bits per heavy atom. The molecule has 1 fully saturated rings. The van der Waals surface area contributed by atoms with Gasteiger partial charge in [-0.25, -0.2) is 4.79 Å². The van der Waals surface area contributed by atoms with Gasteiger partial charge in [-0.3, -0.25) is 24.6 Å². The molecule has 2 aromatic rings. The molecule has 0 spiro atoms. The molecular formula is C22H18N2O6. The SMILES string of the molecule is O=C(OCc1cccc([N+](=O)[O-])c1)c1cccc(N2C(=O)[C@H]3CC=CC[C@H]3C2=O)c1. The van der Waals surface area contributed by atoms with Crippen LogP contribution in [0.4, 0.5) is 11.4 Å². The average molecular weight is 406 g/mol. The van der Waals surface area contributed by atoms with Gasteiger partial charge in [-0.05, 0) is 36.6 Å². The third kappa shape index (κ3) is 3.59. The first-order valence-electron chi connectivity index (χ1n) is 9.49. The molecule has 0 bridgehead atoms. The summed E-state index contributed by atoms with van der Waals surface area (Å²) in [5.74, 6) is -1.87. The second kappa shape index (κ2) is 7.90. The van der Waals surface area contributed by atoms with Gasteiger partial charge in [0.1, 0.15) is 6.61 Å². The van der Waals surface area contributed by atoms with Crippen LogP contribution < -0.4 is 4.90 Å². The lowest BCUT2D eigenvalue weighted by molar-refractivity contribution is -0.384. The molecule has 0 saturated carbocycles. The minimum absolute atomic E-state index is 0.0902. The Morgan fingerprint density at radius 2 is 1.70 bits per heavy atom. The van der Waals surface area contributed by atoms with Crippen LogP contribution >= 0.6 is 0 Å². The fourth-order valence-corrected chi connectivity index (χ4v) is 3.82. The van der Waals surface area contributed by atoms with E-state index in [1.807, 2.05) is 12.2 Å². The summed E-state index contributed by atoms with van der Waals surface area (Å²) in [7, 11) is 0. The summed E-state index contributed by atoms with van der Waals surface area (Å²) >= 11 is 0. The van der Waals surface area contributed by atoms with Crippen molar-refractivity contribution in [3.8, 4) is 0 Å².